The molecule has 0 saturated heterocycles. The number of hydrogen-bond acceptors (Lipinski definition) is 5. The van der Waals surface area contributed by atoms with Crippen LogP contribution in [0.2, 0.25) is 0 Å². The van der Waals surface area contributed by atoms with Crippen LogP contribution in [-0.4, -0.2) is 25.8 Å². The minimum Gasteiger partial charge on any atom is -0.366 e. The van der Waals surface area contributed by atoms with Gasteiger partial charge < -0.3 is 16.0 Å². The van der Waals surface area contributed by atoms with Gasteiger partial charge in [0.2, 0.25) is 11.9 Å². The zero-order valence-electron chi connectivity index (χ0n) is 14.1. The van der Waals surface area contributed by atoms with Crippen LogP contribution in [0.15, 0.2) is 55.0 Å². The quantitative estimate of drug-likeness (QED) is 0.506. The molecule has 0 aliphatic heterocycles. The second kappa shape index (κ2) is 6.83. The Hall–Kier alpha value is -3.81. The highest BCUT2D eigenvalue weighted by Crippen LogP contribution is 2.28. The number of amides is 1. The van der Waals surface area contributed by atoms with Crippen molar-refractivity contribution >= 4 is 22.6 Å². The summed E-state index contributed by atoms with van der Waals surface area (Å²) >= 11 is 0. The molecule has 0 atom stereocenters. The molecule has 0 radical (unpaired) electrons. The number of nitrogens with zero attached hydrogens (tertiary/aromatic N) is 3. The van der Waals surface area contributed by atoms with Crippen LogP contribution >= 0.6 is 0 Å². The number of aromatic amines is 1. The monoisotopic (exact) mass is 362 g/mol. The number of nitrogens with two attached hydrogens (primary N) is 1. The van der Waals surface area contributed by atoms with Gasteiger partial charge in [-0.05, 0) is 23.8 Å². The maximum atomic E-state index is 13.3. The molecule has 4 N–H and O–H groups in total. The summed E-state index contributed by atoms with van der Waals surface area (Å²) < 4.78 is 13.3. The number of carbonyl (C=O) groups excluding carboxylic acids is 1. The largest absolute Gasteiger partial charge is 0.366 e. The topological polar surface area (TPSA) is 110 Å². The summed E-state index contributed by atoms with van der Waals surface area (Å²) in [5.74, 6) is -0.0191. The maximum absolute atomic E-state index is 13.3. The predicted octanol–water partition coefficient (Wildman–Crippen LogP) is 2.87. The van der Waals surface area contributed by atoms with Gasteiger partial charge >= 0.3 is 0 Å². The Kier molecular flexibility index (Phi) is 4.21. The molecule has 8 heteroatoms. The second-order valence-corrected chi connectivity index (χ2v) is 5.91. The summed E-state index contributed by atoms with van der Waals surface area (Å²) in [6, 6.07) is 11.6. The van der Waals surface area contributed by atoms with Crippen molar-refractivity contribution in [1.29, 1.82) is 0 Å². The van der Waals surface area contributed by atoms with Crippen molar-refractivity contribution in [1.82, 2.24) is 19.9 Å². The molecular weight excluding hydrogens is 347 g/mol. The van der Waals surface area contributed by atoms with Gasteiger partial charge in [0.15, 0.2) is 5.82 Å². The Bertz CT molecular complexity index is 1140. The molecule has 0 unspecified atom stereocenters. The van der Waals surface area contributed by atoms with Crippen LogP contribution in [0.1, 0.15) is 15.9 Å². The normalized spacial score (nSPS) is 10.9. The van der Waals surface area contributed by atoms with E-state index in [9.17, 15) is 9.18 Å². The summed E-state index contributed by atoms with van der Waals surface area (Å²) in [7, 11) is 0. The van der Waals surface area contributed by atoms with E-state index in [1.807, 2.05) is 12.1 Å². The van der Waals surface area contributed by atoms with Crippen molar-refractivity contribution in [3.63, 3.8) is 0 Å². The Labute approximate surface area is 153 Å². The number of aromatic nitrogens is 4. The summed E-state index contributed by atoms with van der Waals surface area (Å²) in [5.41, 5.74) is 7.28. The third kappa shape index (κ3) is 3.32. The average molecular weight is 362 g/mol. The van der Waals surface area contributed by atoms with Crippen molar-refractivity contribution in [3.8, 4) is 11.5 Å². The number of primary amides is 1. The van der Waals surface area contributed by atoms with Crippen molar-refractivity contribution in [2.24, 2.45) is 5.73 Å². The molecule has 1 amide bonds. The summed E-state index contributed by atoms with van der Waals surface area (Å²) in [6.07, 6.45) is 3.09. The van der Waals surface area contributed by atoms with Crippen molar-refractivity contribution < 1.29 is 9.18 Å². The van der Waals surface area contributed by atoms with E-state index in [0.29, 0.717) is 35.0 Å². The lowest BCUT2D eigenvalue weighted by Gasteiger charge is -2.06. The molecule has 2 heterocycles. The van der Waals surface area contributed by atoms with Crippen molar-refractivity contribution in [2.75, 3.05) is 5.32 Å². The zero-order chi connectivity index (χ0) is 18.8. The molecule has 2 aromatic heterocycles. The van der Waals surface area contributed by atoms with E-state index >= 15 is 0 Å². The molecule has 4 aromatic rings. The number of rotatable bonds is 5. The minimum atomic E-state index is -0.501. The summed E-state index contributed by atoms with van der Waals surface area (Å²) in [6.45, 7) is 0.374. The number of H-pyrrole nitrogens is 1. The second-order valence-electron chi connectivity index (χ2n) is 5.91. The van der Waals surface area contributed by atoms with Gasteiger partial charge in [0.05, 0.1) is 5.69 Å². The molecule has 27 heavy (non-hydrogen) atoms. The molecule has 7 nitrogen and oxygen atoms in total. The fourth-order valence-corrected chi connectivity index (χ4v) is 2.89. The van der Waals surface area contributed by atoms with Gasteiger partial charge in [-0.1, -0.05) is 24.3 Å². The third-order valence-corrected chi connectivity index (χ3v) is 4.14. The Morgan fingerprint density at radius 3 is 2.81 bits per heavy atom. The van der Waals surface area contributed by atoms with Gasteiger partial charge in [-0.25, -0.2) is 14.4 Å². The molecule has 4 rings (SSSR count). The number of fused-ring (bicyclic) bond motifs is 1. The van der Waals surface area contributed by atoms with Gasteiger partial charge in [0.1, 0.15) is 12.1 Å². The highest BCUT2D eigenvalue weighted by atomic mass is 19.1. The predicted molar refractivity (Wildman–Crippen MR) is 99.4 cm³/mol. The van der Waals surface area contributed by atoms with Gasteiger partial charge in [-0.3, -0.25) is 4.79 Å². The number of nitrogens with one attached hydrogen (secondary N) is 2. The highest BCUT2D eigenvalue weighted by Gasteiger charge is 2.14. The average Bonchev–Trinajstić information content (AvgIpc) is 3.11. The lowest BCUT2D eigenvalue weighted by atomic mass is 10.1. The zero-order valence-corrected chi connectivity index (χ0v) is 14.1. The smallest absolute Gasteiger partial charge is 0.249 e. The van der Waals surface area contributed by atoms with Crippen LogP contribution < -0.4 is 11.1 Å². The van der Waals surface area contributed by atoms with Crippen LogP contribution in [-0.2, 0) is 6.54 Å². The summed E-state index contributed by atoms with van der Waals surface area (Å²) in [5, 5.41) is 4.54. The van der Waals surface area contributed by atoms with E-state index in [0.717, 1.165) is 10.9 Å². The SMILES string of the molecule is NC(=O)c1cccc2c(-c3ncnc(NCc4cccc(F)c4)n3)[nH]cc12. The molecule has 0 bridgehead atoms. The number of halogens is 1. The van der Waals surface area contributed by atoms with Crippen LogP contribution in [0.3, 0.4) is 0 Å². The number of anilines is 1. The molecule has 0 spiro atoms. The van der Waals surface area contributed by atoms with E-state index in [2.05, 4.69) is 25.3 Å². The fraction of sp³-hybridized carbons (Fsp3) is 0.0526. The molecule has 0 fully saturated rings. The molecule has 2 aromatic carbocycles. The first kappa shape index (κ1) is 16.6. The molecule has 0 aliphatic carbocycles. The third-order valence-electron chi connectivity index (χ3n) is 4.14. The highest BCUT2D eigenvalue weighted by molar-refractivity contribution is 6.09. The fourth-order valence-electron chi connectivity index (χ4n) is 2.89. The molecule has 0 saturated carbocycles. The number of carbonyl (C=O) groups is 1. The van der Waals surface area contributed by atoms with Crippen LogP contribution in [0.5, 0.6) is 0 Å². The van der Waals surface area contributed by atoms with E-state index in [1.54, 1.807) is 24.4 Å². The lowest BCUT2D eigenvalue weighted by molar-refractivity contribution is 0.100. The number of hydrogen-bond donors (Lipinski definition) is 3. The van der Waals surface area contributed by atoms with E-state index in [1.165, 1.54) is 18.5 Å². The Morgan fingerprint density at radius 2 is 2.00 bits per heavy atom. The van der Waals surface area contributed by atoms with Crippen LogP contribution in [0, 0.1) is 5.82 Å². The number of benzene rings is 2. The van der Waals surface area contributed by atoms with E-state index in [-0.39, 0.29) is 5.82 Å². The van der Waals surface area contributed by atoms with Gasteiger partial charge in [-0.2, -0.15) is 4.98 Å². The minimum absolute atomic E-state index is 0.297. The lowest BCUT2D eigenvalue weighted by Crippen LogP contribution is -2.10. The first-order valence-corrected chi connectivity index (χ1v) is 8.19. The van der Waals surface area contributed by atoms with Crippen molar-refractivity contribution in [2.45, 2.75) is 6.54 Å². The Morgan fingerprint density at radius 1 is 1.15 bits per heavy atom. The molecule has 0 aliphatic rings. The Balaban J connectivity index is 1.64. The van der Waals surface area contributed by atoms with Crippen LogP contribution in [0.25, 0.3) is 22.3 Å². The standard InChI is InChI=1S/C19H15FN6O/c20-12-4-1-3-11(7-12)8-23-19-25-10-24-18(26-19)16-13-5-2-6-14(17(21)27)15(13)9-22-16/h1-7,9-10,22H,8H2,(H2,21,27)(H,23,24,25,26). The van der Waals surface area contributed by atoms with E-state index in [4.69, 9.17) is 5.73 Å². The van der Waals surface area contributed by atoms with Gasteiger partial charge in [0.25, 0.3) is 0 Å². The van der Waals surface area contributed by atoms with Crippen molar-refractivity contribution in [3.05, 3.63) is 71.9 Å². The maximum Gasteiger partial charge on any atom is 0.249 e. The first-order valence-electron chi connectivity index (χ1n) is 8.19. The first-order chi connectivity index (χ1) is 13.1. The van der Waals surface area contributed by atoms with Gasteiger partial charge in [-0.15, -0.1) is 0 Å². The molecular formula is C19H15FN6O. The van der Waals surface area contributed by atoms with Gasteiger partial charge in [0, 0.05) is 29.1 Å². The molecule has 134 valence electrons. The summed E-state index contributed by atoms with van der Waals surface area (Å²) in [4.78, 5) is 27.4. The van der Waals surface area contributed by atoms with Crippen LogP contribution in [0.4, 0.5) is 10.3 Å². The van der Waals surface area contributed by atoms with E-state index < -0.39 is 5.91 Å².